The van der Waals surface area contributed by atoms with Crippen molar-refractivity contribution in [2.75, 3.05) is 32.0 Å². The standard InChI is InChI=1S/C19H20N4O5/c1-26-15-7-13(8-16(27-2)19(15)28-3)22-18(25)9-17(24)21-12-5-4-11-10-20-23-14(11)6-12/h4-8,10H,9H2,1-3H3,(H,20,23)(H,21,24)(H,22,25). The predicted molar refractivity (Wildman–Crippen MR) is 104 cm³/mol. The molecule has 0 bridgehead atoms. The summed E-state index contributed by atoms with van der Waals surface area (Å²) in [7, 11) is 4.45. The number of hydrogen-bond donors (Lipinski definition) is 3. The Labute approximate surface area is 161 Å². The number of nitrogens with zero attached hydrogens (tertiary/aromatic N) is 1. The van der Waals surface area contributed by atoms with Crippen LogP contribution in [0.4, 0.5) is 11.4 Å². The second-order valence-corrected chi connectivity index (χ2v) is 5.86. The molecule has 0 spiro atoms. The Morgan fingerprint density at radius 1 is 0.929 bits per heavy atom. The van der Waals surface area contributed by atoms with Crippen molar-refractivity contribution in [3.63, 3.8) is 0 Å². The molecule has 9 heteroatoms. The van der Waals surface area contributed by atoms with Gasteiger partial charge in [0.1, 0.15) is 6.42 Å². The van der Waals surface area contributed by atoms with Gasteiger partial charge < -0.3 is 24.8 Å². The summed E-state index contributed by atoms with van der Waals surface area (Å²) in [5.74, 6) is 0.289. The molecule has 1 heterocycles. The van der Waals surface area contributed by atoms with Gasteiger partial charge in [0.2, 0.25) is 17.6 Å². The number of benzene rings is 2. The molecular weight excluding hydrogens is 364 g/mol. The van der Waals surface area contributed by atoms with Crippen LogP contribution >= 0.6 is 0 Å². The number of fused-ring (bicyclic) bond motifs is 1. The lowest BCUT2D eigenvalue weighted by atomic mass is 10.2. The minimum Gasteiger partial charge on any atom is -0.493 e. The Morgan fingerprint density at radius 3 is 2.18 bits per heavy atom. The van der Waals surface area contributed by atoms with Gasteiger partial charge in [0.05, 0.1) is 33.0 Å². The lowest BCUT2D eigenvalue weighted by molar-refractivity contribution is -0.123. The topological polar surface area (TPSA) is 115 Å². The number of aromatic nitrogens is 2. The molecule has 2 aromatic carbocycles. The number of aromatic amines is 1. The molecule has 0 radical (unpaired) electrons. The summed E-state index contributed by atoms with van der Waals surface area (Å²) < 4.78 is 15.7. The monoisotopic (exact) mass is 384 g/mol. The summed E-state index contributed by atoms with van der Waals surface area (Å²) in [5, 5.41) is 13.0. The first-order chi connectivity index (χ1) is 13.5. The molecule has 146 valence electrons. The number of methoxy groups -OCH3 is 3. The first kappa shape index (κ1) is 19.0. The molecule has 0 fully saturated rings. The average molecular weight is 384 g/mol. The van der Waals surface area contributed by atoms with Gasteiger partial charge in [-0.3, -0.25) is 14.7 Å². The maximum Gasteiger partial charge on any atom is 0.233 e. The van der Waals surface area contributed by atoms with Crippen LogP contribution in [0.5, 0.6) is 17.2 Å². The highest BCUT2D eigenvalue weighted by molar-refractivity contribution is 6.08. The van der Waals surface area contributed by atoms with Gasteiger partial charge >= 0.3 is 0 Å². The molecule has 28 heavy (non-hydrogen) atoms. The highest BCUT2D eigenvalue weighted by Gasteiger charge is 2.16. The number of rotatable bonds is 7. The van der Waals surface area contributed by atoms with Gasteiger partial charge in [-0.15, -0.1) is 0 Å². The second kappa shape index (κ2) is 8.30. The molecule has 3 rings (SSSR count). The maximum absolute atomic E-state index is 12.2. The van der Waals surface area contributed by atoms with Gasteiger partial charge in [0.25, 0.3) is 0 Å². The minimum atomic E-state index is -0.477. The first-order valence-electron chi connectivity index (χ1n) is 8.37. The number of anilines is 2. The van der Waals surface area contributed by atoms with E-state index in [2.05, 4.69) is 20.8 Å². The van der Waals surface area contributed by atoms with E-state index in [1.807, 2.05) is 6.07 Å². The Hall–Kier alpha value is -3.75. The number of amides is 2. The van der Waals surface area contributed by atoms with E-state index in [1.165, 1.54) is 21.3 Å². The molecular formula is C19H20N4O5. The van der Waals surface area contributed by atoms with Crippen LogP contribution in [-0.4, -0.2) is 43.3 Å². The molecule has 0 saturated carbocycles. The van der Waals surface area contributed by atoms with Crippen molar-refractivity contribution in [3.8, 4) is 17.2 Å². The van der Waals surface area contributed by atoms with E-state index in [0.29, 0.717) is 28.6 Å². The van der Waals surface area contributed by atoms with Gasteiger partial charge in [0, 0.05) is 28.9 Å². The zero-order valence-corrected chi connectivity index (χ0v) is 15.7. The fourth-order valence-corrected chi connectivity index (χ4v) is 2.72. The molecule has 0 aliphatic rings. The Bertz CT molecular complexity index is 989. The summed E-state index contributed by atoms with van der Waals surface area (Å²) in [6.07, 6.45) is 1.34. The summed E-state index contributed by atoms with van der Waals surface area (Å²) in [6.45, 7) is 0. The van der Waals surface area contributed by atoms with Gasteiger partial charge in [-0.05, 0) is 18.2 Å². The van der Waals surface area contributed by atoms with Crippen molar-refractivity contribution in [1.82, 2.24) is 10.2 Å². The van der Waals surface area contributed by atoms with Crippen molar-refractivity contribution >= 4 is 34.1 Å². The first-order valence-corrected chi connectivity index (χ1v) is 8.37. The average Bonchev–Trinajstić information content (AvgIpc) is 3.14. The number of carbonyl (C=O) groups excluding carboxylic acids is 2. The van der Waals surface area contributed by atoms with E-state index >= 15 is 0 Å². The van der Waals surface area contributed by atoms with E-state index in [0.717, 1.165) is 10.9 Å². The van der Waals surface area contributed by atoms with Crippen LogP contribution in [0.3, 0.4) is 0 Å². The Kier molecular flexibility index (Phi) is 5.64. The molecule has 2 amide bonds. The van der Waals surface area contributed by atoms with Crippen LogP contribution in [0.1, 0.15) is 6.42 Å². The van der Waals surface area contributed by atoms with Gasteiger partial charge in [0.15, 0.2) is 11.5 Å². The molecule has 0 saturated heterocycles. The molecule has 0 aliphatic heterocycles. The van der Waals surface area contributed by atoms with Crippen LogP contribution in [0.2, 0.25) is 0 Å². The Morgan fingerprint density at radius 2 is 1.57 bits per heavy atom. The zero-order chi connectivity index (χ0) is 20.1. The van der Waals surface area contributed by atoms with E-state index < -0.39 is 11.8 Å². The van der Waals surface area contributed by atoms with Crippen molar-refractivity contribution in [1.29, 1.82) is 0 Å². The van der Waals surface area contributed by atoms with E-state index in [-0.39, 0.29) is 6.42 Å². The largest absolute Gasteiger partial charge is 0.493 e. The summed E-state index contributed by atoms with van der Waals surface area (Å²) in [6, 6.07) is 8.49. The Balaban J connectivity index is 1.65. The number of hydrogen-bond acceptors (Lipinski definition) is 6. The molecule has 3 N–H and O–H groups in total. The minimum absolute atomic E-state index is 0.350. The normalized spacial score (nSPS) is 10.4. The van der Waals surface area contributed by atoms with Gasteiger partial charge in [-0.2, -0.15) is 5.10 Å². The van der Waals surface area contributed by atoms with Gasteiger partial charge in [-0.25, -0.2) is 0 Å². The third kappa shape index (κ3) is 4.14. The van der Waals surface area contributed by atoms with Crippen molar-refractivity contribution in [2.45, 2.75) is 6.42 Å². The van der Waals surface area contributed by atoms with Crippen molar-refractivity contribution < 1.29 is 23.8 Å². The number of carbonyl (C=O) groups is 2. The van der Waals surface area contributed by atoms with Crippen molar-refractivity contribution in [3.05, 3.63) is 36.5 Å². The quantitative estimate of drug-likeness (QED) is 0.540. The SMILES string of the molecule is COc1cc(NC(=O)CC(=O)Nc2ccc3cn[nH]c3c2)cc(OC)c1OC. The highest BCUT2D eigenvalue weighted by atomic mass is 16.5. The summed E-state index contributed by atoms with van der Waals surface area (Å²) >= 11 is 0. The number of ether oxygens (including phenoxy) is 3. The van der Waals surface area contributed by atoms with Crippen molar-refractivity contribution in [2.24, 2.45) is 0 Å². The second-order valence-electron chi connectivity index (χ2n) is 5.86. The lowest BCUT2D eigenvalue weighted by Crippen LogP contribution is -2.21. The van der Waals surface area contributed by atoms with E-state index in [1.54, 1.807) is 30.5 Å². The molecule has 0 atom stereocenters. The summed E-state index contributed by atoms with van der Waals surface area (Å²) in [5.41, 5.74) is 1.79. The third-order valence-electron chi connectivity index (χ3n) is 4.00. The summed E-state index contributed by atoms with van der Waals surface area (Å²) in [4.78, 5) is 24.4. The van der Waals surface area contributed by atoms with Crippen LogP contribution in [-0.2, 0) is 9.59 Å². The predicted octanol–water partition coefficient (Wildman–Crippen LogP) is 2.56. The van der Waals surface area contributed by atoms with E-state index in [4.69, 9.17) is 14.2 Å². The lowest BCUT2D eigenvalue weighted by Gasteiger charge is -2.14. The molecule has 9 nitrogen and oxygen atoms in total. The van der Waals surface area contributed by atoms with Gasteiger partial charge in [-0.1, -0.05) is 0 Å². The third-order valence-corrected chi connectivity index (χ3v) is 4.00. The molecule has 3 aromatic rings. The fourth-order valence-electron chi connectivity index (χ4n) is 2.72. The maximum atomic E-state index is 12.2. The molecule has 1 aromatic heterocycles. The van der Waals surface area contributed by atoms with E-state index in [9.17, 15) is 9.59 Å². The zero-order valence-electron chi connectivity index (χ0n) is 15.7. The van der Waals surface area contributed by atoms with Crippen LogP contribution in [0.25, 0.3) is 10.9 Å². The van der Waals surface area contributed by atoms with Crippen LogP contribution in [0.15, 0.2) is 36.5 Å². The molecule has 0 aliphatic carbocycles. The highest BCUT2D eigenvalue weighted by Crippen LogP contribution is 2.39. The van der Waals surface area contributed by atoms with Crippen LogP contribution in [0, 0.1) is 0 Å². The molecule has 0 unspecified atom stereocenters. The fraction of sp³-hybridized carbons (Fsp3) is 0.211. The smallest absolute Gasteiger partial charge is 0.233 e. The number of H-pyrrole nitrogens is 1. The van der Waals surface area contributed by atoms with Crippen LogP contribution < -0.4 is 24.8 Å². The number of nitrogens with one attached hydrogen (secondary N) is 3.